The molecule has 0 saturated heterocycles. The van der Waals surface area contributed by atoms with Gasteiger partial charge < -0.3 is 0 Å². The van der Waals surface area contributed by atoms with Crippen molar-refractivity contribution in [2.24, 2.45) is 0 Å². The van der Waals surface area contributed by atoms with Gasteiger partial charge in [0.2, 0.25) is 9.84 Å². The zero-order valence-electron chi connectivity index (χ0n) is 7.68. The third-order valence-corrected chi connectivity index (χ3v) is 3.06. The van der Waals surface area contributed by atoms with Crippen LogP contribution in [0.4, 0.5) is 0 Å². The lowest BCUT2D eigenvalue weighted by Crippen LogP contribution is -2.05. The maximum Gasteiger partial charge on any atom is 0.267 e. The first-order valence-corrected chi connectivity index (χ1v) is 6.65. The Labute approximate surface area is 94.6 Å². The average Bonchev–Trinajstić information content (AvgIpc) is 2.15. The van der Waals surface area contributed by atoms with Gasteiger partial charge in [0.05, 0.1) is 5.52 Å². The molecule has 0 N–H and O–H groups in total. The van der Waals surface area contributed by atoms with Crippen LogP contribution in [0.2, 0.25) is 0 Å². The fraction of sp³-hybridized carbons (Fsp3) is 0.125. The number of halogens is 1. The quantitative estimate of drug-likeness (QED) is 0.788. The molecule has 0 spiro atoms. The van der Waals surface area contributed by atoms with Crippen LogP contribution in [0.1, 0.15) is 0 Å². The van der Waals surface area contributed by atoms with Gasteiger partial charge in [-0.3, -0.25) is 0 Å². The molecule has 0 bridgehead atoms. The Morgan fingerprint density at radius 3 is 2.60 bits per heavy atom. The minimum absolute atomic E-state index is 0.252. The second-order valence-corrected chi connectivity index (χ2v) is 5.82. The summed E-state index contributed by atoms with van der Waals surface area (Å²) in [7, 11) is -3.40. The summed E-state index contributed by atoms with van der Waals surface area (Å²) in [4.78, 5) is 3.91. The van der Waals surface area contributed by atoms with Crippen molar-refractivity contribution in [2.75, 3.05) is 6.26 Å². The molecule has 0 unspecified atom stereocenters. The van der Waals surface area contributed by atoms with Crippen molar-refractivity contribution in [1.82, 2.24) is 15.2 Å². The fourth-order valence-corrected chi connectivity index (χ4v) is 1.85. The van der Waals surface area contributed by atoms with E-state index < -0.39 is 9.84 Å². The van der Waals surface area contributed by atoms with E-state index in [9.17, 15) is 8.42 Å². The van der Waals surface area contributed by atoms with E-state index in [1.807, 2.05) is 0 Å². The van der Waals surface area contributed by atoms with Gasteiger partial charge in [0, 0.05) is 10.7 Å². The molecule has 0 aliphatic heterocycles. The monoisotopic (exact) mass is 287 g/mol. The first-order chi connectivity index (χ1) is 6.97. The molecule has 5 nitrogen and oxygen atoms in total. The zero-order valence-corrected chi connectivity index (χ0v) is 10.1. The van der Waals surface area contributed by atoms with Gasteiger partial charge in [0.15, 0.2) is 0 Å². The van der Waals surface area contributed by atoms with Crippen molar-refractivity contribution >= 4 is 36.8 Å². The average molecular weight is 288 g/mol. The van der Waals surface area contributed by atoms with Crippen LogP contribution in [-0.4, -0.2) is 29.9 Å². The lowest BCUT2D eigenvalue weighted by atomic mass is 10.3. The van der Waals surface area contributed by atoms with Crippen LogP contribution >= 0.6 is 15.9 Å². The summed E-state index contributed by atoms with van der Waals surface area (Å²) in [5.41, 5.74) is 1.06. The smallest absolute Gasteiger partial charge is 0.221 e. The van der Waals surface area contributed by atoms with Crippen LogP contribution in [0.5, 0.6) is 0 Å². The van der Waals surface area contributed by atoms with Crippen LogP contribution in [0.3, 0.4) is 0 Å². The first-order valence-electron chi connectivity index (χ1n) is 3.97. The number of sulfone groups is 1. The molecule has 2 aromatic rings. The Hall–Kier alpha value is -1.08. The largest absolute Gasteiger partial charge is 0.267 e. The molecule has 1 heterocycles. The van der Waals surface area contributed by atoms with Gasteiger partial charge in [-0.05, 0) is 18.2 Å². The van der Waals surface area contributed by atoms with Gasteiger partial charge in [0.1, 0.15) is 5.52 Å². The summed E-state index contributed by atoms with van der Waals surface area (Å²) in [5.74, 6) is 0. The molecule has 0 radical (unpaired) electrons. The molecule has 1 aromatic heterocycles. The molecular formula is C8H6BrN3O2S. The minimum Gasteiger partial charge on any atom is -0.221 e. The molecule has 0 saturated carbocycles. The van der Waals surface area contributed by atoms with Crippen molar-refractivity contribution in [3.8, 4) is 0 Å². The van der Waals surface area contributed by atoms with E-state index in [1.54, 1.807) is 18.2 Å². The highest BCUT2D eigenvalue weighted by Crippen LogP contribution is 2.16. The van der Waals surface area contributed by atoms with Gasteiger partial charge in [-0.15, -0.1) is 10.2 Å². The first kappa shape index (κ1) is 10.4. The normalized spacial score (nSPS) is 11.9. The Kier molecular flexibility index (Phi) is 2.43. The summed E-state index contributed by atoms with van der Waals surface area (Å²) >= 11 is 3.28. The van der Waals surface area contributed by atoms with Crippen LogP contribution in [0.15, 0.2) is 27.8 Å². The molecule has 1 aromatic carbocycles. The van der Waals surface area contributed by atoms with Crippen LogP contribution in [0.25, 0.3) is 11.0 Å². The van der Waals surface area contributed by atoms with Crippen molar-refractivity contribution in [3.05, 3.63) is 22.7 Å². The predicted octanol–water partition coefficient (Wildman–Crippen LogP) is 1.19. The summed E-state index contributed by atoms with van der Waals surface area (Å²) in [6.45, 7) is 0. The molecule has 0 aliphatic rings. The number of rotatable bonds is 1. The van der Waals surface area contributed by atoms with E-state index in [0.29, 0.717) is 11.0 Å². The number of nitrogens with zero attached hydrogens (tertiary/aromatic N) is 3. The second-order valence-electron chi connectivity index (χ2n) is 3.00. The van der Waals surface area contributed by atoms with Crippen LogP contribution < -0.4 is 0 Å². The van der Waals surface area contributed by atoms with E-state index in [-0.39, 0.29) is 5.16 Å². The van der Waals surface area contributed by atoms with Gasteiger partial charge in [0.25, 0.3) is 5.16 Å². The maximum atomic E-state index is 11.2. The molecule has 0 fully saturated rings. The summed E-state index contributed by atoms with van der Waals surface area (Å²) in [6, 6.07) is 5.17. The Morgan fingerprint density at radius 2 is 1.93 bits per heavy atom. The van der Waals surface area contributed by atoms with Gasteiger partial charge in [-0.25, -0.2) is 13.4 Å². The molecule has 0 amide bonds. The molecule has 0 atom stereocenters. The topological polar surface area (TPSA) is 72.8 Å². The van der Waals surface area contributed by atoms with E-state index in [4.69, 9.17) is 0 Å². The van der Waals surface area contributed by atoms with Crippen molar-refractivity contribution in [3.63, 3.8) is 0 Å². The highest BCUT2D eigenvalue weighted by atomic mass is 79.9. The lowest BCUT2D eigenvalue weighted by Gasteiger charge is -1.98. The van der Waals surface area contributed by atoms with Crippen LogP contribution in [0, 0.1) is 0 Å². The lowest BCUT2D eigenvalue weighted by molar-refractivity contribution is 0.591. The number of fused-ring (bicyclic) bond motifs is 1. The SMILES string of the molecule is CS(=O)(=O)c1nnc2cc(Br)ccc2n1. The molecule has 0 aliphatic carbocycles. The Balaban J connectivity index is 2.73. The number of benzene rings is 1. The number of aromatic nitrogens is 3. The third kappa shape index (κ3) is 2.13. The molecule has 7 heteroatoms. The van der Waals surface area contributed by atoms with E-state index in [2.05, 4.69) is 31.1 Å². The van der Waals surface area contributed by atoms with Gasteiger partial charge in [-0.1, -0.05) is 15.9 Å². The fourth-order valence-electron chi connectivity index (χ4n) is 1.05. The van der Waals surface area contributed by atoms with Gasteiger partial charge >= 0.3 is 0 Å². The van der Waals surface area contributed by atoms with Crippen molar-refractivity contribution < 1.29 is 8.42 Å². The number of hydrogen-bond acceptors (Lipinski definition) is 5. The van der Waals surface area contributed by atoms with Crippen LogP contribution in [-0.2, 0) is 9.84 Å². The van der Waals surface area contributed by atoms with Gasteiger partial charge in [-0.2, -0.15) is 0 Å². The summed E-state index contributed by atoms with van der Waals surface area (Å²) in [6.07, 6.45) is 1.05. The molecule has 15 heavy (non-hydrogen) atoms. The standard InChI is InChI=1S/C8H6BrN3O2S/c1-15(13,14)8-10-6-3-2-5(9)4-7(6)11-12-8/h2-4H,1H3. The zero-order chi connectivity index (χ0) is 11.1. The molecule has 2 rings (SSSR count). The van der Waals surface area contributed by atoms with E-state index in [1.165, 1.54) is 0 Å². The predicted molar refractivity (Wildman–Crippen MR) is 58.1 cm³/mol. The van der Waals surface area contributed by atoms with Crippen molar-refractivity contribution in [2.45, 2.75) is 5.16 Å². The summed E-state index contributed by atoms with van der Waals surface area (Å²) < 4.78 is 23.2. The molecular weight excluding hydrogens is 282 g/mol. The number of hydrogen-bond donors (Lipinski definition) is 0. The third-order valence-electron chi connectivity index (χ3n) is 1.73. The Morgan fingerprint density at radius 1 is 1.20 bits per heavy atom. The molecule has 78 valence electrons. The van der Waals surface area contributed by atoms with E-state index in [0.717, 1.165) is 10.7 Å². The highest BCUT2D eigenvalue weighted by molar-refractivity contribution is 9.10. The van der Waals surface area contributed by atoms with Crippen molar-refractivity contribution in [1.29, 1.82) is 0 Å². The van der Waals surface area contributed by atoms with E-state index >= 15 is 0 Å². The second kappa shape index (κ2) is 3.49. The Bertz CT molecular complexity index is 627. The maximum absolute atomic E-state index is 11.2. The highest BCUT2D eigenvalue weighted by Gasteiger charge is 2.12. The minimum atomic E-state index is -3.40. The summed E-state index contributed by atoms with van der Waals surface area (Å²) in [5, 5.41) is 7.08.